The molecule has 0 bridgehead atoms. The first-order valence-corrected chi connectivity index (χ1v) is 4.51. The highest BCUT2D eigenvalue weighted by atomic mass is 19.4. The number of hydrogen-bond donors (Lipinski definition) is 3. The van der Waals surface area contributed by atoms with Gasteiger partial charge in [-0.2, -0.15) is 18.3 Å². The third kappa shape index (κ3) is 1.69. The highest BCUT2D eigenvalue weighted by molar-refractivity contribution is 5.63. The molecule has 0 aliphatic heterocycles. The number of alkyl halides is 3. The second-order valence-electron chi connectivity index (χ2n) is 3.23. The summed E-state index contributed by atoms with van der Waals surface area (Å²) in [6.07, 6.45) is -1.29. The highest BCUT2D eigenvalue weighted by Gasteiger charge is 2.36. The average molecular weight is 230 g/mol. The number of nitrogens with two attached hydrogens (primary N) is 1. The molecule has 2 aromatic heterocycles. The molecule has 0 atom stereocenters. The largest absolute Gasteiger partial charge is 0.433 e. The third-order valence-electron chi connectivity index (χ3n) is 2.23. The average Bonchev–Trinajstić information content (AvgIpc) is 2.84. The van der Waals surface area contributed by atoms with Crippen molar-refractivity contribution < 1.29 is 13.2 Å². The summed E-state index contributed by atoms with van der Waals surface area (Å²) in [6.45, 7) is -0.216. The van der Waals surface area contributed by atoms with Crippen molar-refractivity contribution in [2.75, 3.05) is 0 Å². The van der Waals surface area contributed by atoms with Gasteiger partial charge in [0.15, 0.2) is 0 Å². The first-order valence-electron chi connectivity index (χ1n) is 4.51. The summed E-state index contributed by atoms with van der Waals surface area (Å²) in [5.41, 5.74) is 5.23. The van der Waals surface area contributed by atoms with Crippen molar-refractivity contribution in [3.63, 3.8) is 0 Å². The number of rotatable bonds is 2. The molecule has 0 fully saturated rings. The maximum absolute atomic E-state index is 12.6. The van der Waals surface area contributed by atoms with Crippen LogP contribution in [-0.4, -0.2) is 15.2 Å². The quantitative estimate of drug-likeness (QED) is 0.737. The minimum absolute atomic E-state index is 0.0212. The van der Waals surface area contributed by atoms with Crippen molar-refractivity contribution in [2.45, 2.75) is 12.7 Å². The van der Waals surface area contributed by atoms with E-state index in [0.29, 0.717) is 5.56 Å². The zero-order chi connectivity index (χ0) is 11.8. The number of H-pyrrole nitrogens is 2. The molecule has 0 aliphatic carbocycles. The molecule has 0 aliphatic rings. The van der Waals surface area contributed by atoms with E-state index in [0.717, 1.165) is 0 Å². The van der Waals surface area contributed by atoms with Crippen molar-refractivity contribution in [1.82, 2.24) is 15.2 Å². The molecule has 0 aromatic carbocycles. The van der Waals surface area contributed by atoms with Gasteiger partial charge in [-0.1, -0.05) is 0 Å². The summed E-state index contributed by atoms with van der Waals surface area (Å²) < 4.78 is 37.7. The lowest BCUT2D eigenvalue weighted by Crippen LogP contribution is -2.11. The van der Waals surface area contributed by atoms with Crippen LogP contribution in [0.25, 0.3) is 11.3 Å². The van der Waals surface area contributed by atoms with E-state index in [1.54, 1.807) is 18.5 Å². The van der Waals surface area contributed by atoms with E-state index in [4.69, 9.17) is 5.73 Å². The van der Waals surface area contributed by atoms with Crippen LogP contribution in [0.4, 0.5) is 13.2 Å². The summed E-state index contributed by atoms with van der Waals surface area (Å²) in [5, 5.41) is 5.64. The molecule has 2 aromatic rings. The Morgan fingerprint density at radius 2 is 2.12 bits per heavy atom. The Bertz CT molecular complexity index is 469. The fraction of sp³-hybridized carbons (Fsp3) is 0.222. The lowest BCUT2D eigenvalue weighted by Gasteiger charge is -2.05. The minimum atomic E-state index is -4.46. The maximum Gasteiger partial charge on any atom is 0.433 e. The van der Waals surface area contributed by atoms with E-state index in [9.17, 15) is 13.2 Å². The van der Waals surface area contributed by atoms with Crippen molar-refractivity contribution in [1.29, 1.82) is 0 Å². The predicted molar refractivity (Wildman–Crippen MR) is 51.3 cm³/mol. The van der Waals surface area contributed by atoms with Crippen molar-refractivity contribution in [3.05, 3.63) is 29.7 Å². The van der Waals surface area contributed by atoms with E-state index < -0.39 is 11.9 Å². The first kappa shape index (κ1) is 10.7. The first-order chi connectivity index (χ1) is 7.54. The van der Waals surface area contributed by atoms with Gasteiger partial charge in [-0.15, -0.1) is 0 Å². The van der Waals surface area contributed by atoms with Crippen LogP contribution in [0, 0.1) is 0 Å². The van der Waals surface area contributed by atoms with Gasteiger partial charge in [-0.3, -0.25) is 5.10 Å². The van der Waals surface area contributed by atoms with Gasteiger partial charge in [-0.05, 0) is 6.07 Å². The summed E-state index contributed by atoms with van der Waals surface area (Å²) in [4.78, 5) is 2.75. The number of hydrogen-bond acceptors (Lipinski definition) is 2. The number of aromatic amines is 2. The van der Waals surface area contributed by atoms with Gasteiger partial charge in [0.05, 0.1) is 5.69 Å². The van der Waals surface area contributed by atoms with Gasteiger partial charge in [-0.25, -0.2) is 0 Å². The molecular weight excluding hydrogens is 221 g/mol. The number of nitrogens with zero attached hydrogens (tertiary/aromatic N) is 1. The van der Waals surface area contributed by atoms with Gasteiger partial charge in [0.25, 0.3) is 0 Å². The molecule has 7 heteroatoms. The van der Waals surface area contributed by atoms with Crippen LogP contribution in [0.2, 0.25) is 0 Å². The molecule has 0 spiro atoms. The summed E-state index contributed by atoms with van der Waals surface area (Å²) in [7, 11) is 0. The molecule has 0 saturated carbocycles. The van der Waals surface area contributed by atoms with Crippen LogP contribution in [-0.2, 0) is 12.7 Å². The fourth-order valence-electron chi connectivity index (χ4n) is 1.51. The van der Waals surface area contributed by atoms with Crippen molar-refractivity contribution in [3.8, 4) is 11.3 Å². The summed E-state index contributed by atoms with van der Waals surface area (Å²) >= 11 is 0. The summed E-state index contributed by atoms with van der Waals surface area (Å²) in [6, 6.07) is 1.63. The van der Waals surface area contributed by atoms with Gasteiger partial charge in [0.1, 0.15) is 5.69 Å². The topological polar surface area (TPSA) is 70.5 Å². The predicted octanol–water partition coefficient (Wildman–Crippen LogP) is 1.88. The van der Waals surface area contributed by atoms with Crippen LogP contribution < -0.4 is 5.73 Å². The lowest BCUT2D eigenvalue weighted by molar-refractivity contribution is -0.141. The van der Waals surface area contributed by atoms with Gasteiger partial charge < -0.3 is 10.7 Å². The lowest BCUT2D eigenvalue weighted by atomic mass is 10.1. The van der Waals surface area contributed by atoms with Crippen LogP contribution >= 0.6 is 0 Å². The normalized spacial score (nSPS) is 12.0. The van der Waals surface area contributed by atoms with Gasteiger partial charge in [0, 0.05) is 30.1 Å². The molecule has 2 rings (SSSR count). The van der Waals surface area contributed by atoms with Crippen molar-refractivity contribution >= 4 is 0 Å². The Balaban J connectivity index is 2.54. The zero-order valence-electron chi connectivity index (χ0n) is 8.10. The Labute approximate surface area is 88.7 Å². The number of aromatic nitrogens is 3. The van der Waals surface area contributed by atoms with Gasteiger partial charge in [0.2, 0.25) is 0 Å². The van der Waals surface area contributed by atoms with Crippen LogP contribution in [0.15, 0.2) is 18.5 Å². The van der Waals surface area contributed by atoms with E-state index >= 15 is 0 Å². The molecular formula is C9H9F3N4. The minimum Gasteiger partial charge on any atom is -0.367 e. The van der Waals surface area contributed by atoms with Crippen LogP contribution in [0.5, 0.6) is 0 Å². The standard InChI is InChI=1S/C9H9F3N4/c10-9(11,12)8-6(3-13)7(15-16-8)5-1-2-14-4-5/h1-2,4,14H,3,13H2,(H,15,16). The zero-order valence-corrected chi connectivity index (χ0v) is 8.10. The van der Waals surface area contributed by atoms with Crippen LogP contribution in [0.1, 0.15) is 11.3 Å². The SMILES string of the molecule is NCc1c(-c2cc[nH]c2)n[nH]c1C(F)(F)F. The monoisotopic (exact) mass is 230 g/mol. The Morgan fingerprint density at radius 3 is 2.62 bits per heavy atom. The van der Waals surface area contributed by atoms with E-state index in [1.807, 2.05) is 5.10 Å². The van der Waals surface area contributed by atoms with Crippen LogP contribution in [0.3, 0.4) is 0 Å². The highest BCUT2D eigenvalue weighted by Crippen LogP contribution is 2.34. The molecule has 0 amide bonds. The molecule has 0 radical (unpaired) electrons. The molecule has 0 unspecified atom stereocenters. The third-order valence-corrected chi connectivity index (χ3v) is 2.23. The molecule has 16 heavy (non-hydrogen) atoms. The van der Waals surface area contributed by atoms with E-state index in [1.165, 1.54) is 0 Å². The smallest absolute Gasteiger partial charge is 0.367 e. The van der Waals surface area contributed by atoms with E-state index in [2.05, 4.69) is 10.1 Å². The Morgan fingerprint density at radius 1 is 1.38 bits per heavy atom. The molecule has 86 valence electrons. The van der Waals surface area contributed by atoms with E-state index in [-0.39, 0.29) is 17.8 Å². The number of halogens is 3. The summed E-state index contributed by atoms with van der Waals surface area (Å²) in [5.74, 6) is 0. The second-order valence-corrected chi connectivity index (χ2v) is 3.23. The number of nitrogens with one attached hydrogen (secondary N) is 2. The fourth-order valence-corrected chi connectivity index (χ4v) is 1.51. The molecule has 4 nitrogen and oxygen atoms in total. The Hall–Kier alpha value is -1.76. The second kappa shape index (κ2) is 3.67. The molecule has 2 heterocycles. The van der Waals surface area contributed by atoms with Crippen molar-refractivity contribution in [2.24, 2.45) is 5.73 Å². The maximum atomic E-state index is 12.6. The van der Waals surface area contributed by atoms with Gasteiger partial charge >= 0.3 is 6.18 Å². The molecule has 4 N–H and O–H groups in total. The molecule has 0 saturated heterocycles. The Kier molecular flexibility index (Phi) is 2.47.